The maximum Gasteiger partial charge on any atom is 0.224 e. The second kappa shape index (κ2) is 3.80. The van der Waals surface area contributed by atoms with Gasteiger partial charge in [-0.25, -0.2) is 0 Å². The average molecular weight is 190 g/mol. The van der Waals surface area contributed by atoms with Gasteiger partial charge in [0.1, 0.15) is 0 Å². The fraction of sp³-hybridized carbons (Fsp3) is 0.364. The highest BCUT2D eigenvalue weighted by Gasteiger charge is 2.10. The summed E-state index contributed by atoms with van der Waals surface area (Å²) in [7, 11) is 0. The van der Waals surface area contributed by atoms with E-state index >= 15 is 0 Å². The number of benzene rings is 1. The molecule has 1 aliphatic rings. The maximum absolute atomic E-state index is 11.2. The Kier molecular flexibility index (Phi) is 2.50. The molecule has 1 aromatic carbocycles. The summed E-state index contributed by atoms with van der Waals surface area (Å²) in [5.74, 6) is 0.0657. The summed E-state index contributed by atoms with van der Waals surface area (Å²) in [6.45, 7) is 3.70. The van der Waals surface area contributed by atoms with E-state index in [1.807, 2.05) is 19.1 Å². The highest BCUT2D eigenvalue weighted by molar-refractivity contribution is 5.90. The van der Waals surface area contributed by atoms with Gasteiger partial charge in [0.2, 0.25) is 5.91 Å². The van der Waals surface area contributed by atoms with Crippen LogP contribution in [-0.4, -0.2) is 5.91 Å². The third-order valence-corrected chi connectivity index (χ3v) is 2.44. The van der Waals surface area contributed by atoms with E-state index in [-0.39, 0.29) is 5.91 Å². The molecule has 0 spiro atoms. The molecule has 0 radical (unpaired) electrons. The number of hydrogen-bond donors (Lipinski definition) is 2. The minimum atomic E-state index is 0.0657. The van der Waals surface area contributed by atoms with E-state index in [2.05, 4.69) is 16.7 Å². The first-order valence-electron chi connectivity index (χ1n) is 4.92. The van der Waals surface area contributed by atoms with Crippen LogP contribution in [0.25, 0.3) is 0 Å². The van der Waals surface area contributed by atoms with Crippen LogP contribution in [0.4, 0.5) is 5.69 Å². The fourth-order valence-corrected chi connectivity index (χ4v) is 1.62. The largest absolute Gasteiger partial charge is 0.326 e. The van der Waals surface area contributed by atoms with Gasteiger partial charge >= 0.3 is 0 Å². The number of carbonyl (C=O) groups excluding carboxylic acids is 1. The summed E-state index contributed by atoms with van der Waals surface area (Å²) in [6, 6.07) is 6.07. The normalized spacial score (nSPS) is 13.8. The summed E-state index contributed by atoms with van der Waals surface area (Å²) in [6.07, 6.45) is 0.523. The quantitative estimate of drug-likeness (QED) is 0.744. The van der Waals surface area contributed by atoms with Crippen molar-refractivity contribution in [1.82, 2.24) is 5.32 Å². The van der Waals surface area contributed by atoms with Crippen LogP contribution in [0.5, 0.6) is 0 Å². The Balaban J connectivity index is 2.16. The zero-order valence-electron chi connectivity index (χ0n) is 8.26. The summed E-state index contributed by atoms with van der Waals surface area (Å²) in [5.41, 5.74) is 3.53. The maximum atomic E-state index is 11.2. The van der Waals surface area contributed by atoms with Crippen LogP contribution in [0.15, 0.2) is 18.2 Å². The fourth-order valence-electron chi connectivity index (χ4n) is 1.62. The third-order valence-electron chi connectivity index (χ3n) is 2.44. The zero-order valence-corrected chi connectivity index (χ0v) is 8.26. The van der Waals surface area contributed by atoms with Crippen molar-refractivity contribution in [1.29, 1.82) is 0 Å². The Bertz CT molecular complexity index is 360. The van der Waals surface area contributed by atoms with Gasteiger partial charge in [-0.2, -0.15) is 0 Å². The third kappa shape index (κ3) is 1.77. The average Bonchev–Trinajstić information content (AvgIpc) is 2.64. The Morgan fingerprint density at radius 1 is 1.43 bits per heavy atom. The first kappa shape index (κ1) is 9.21. The first-order chi connectivity index (χ1) is 6.79. The highest BCUT2D eigenvalue weighted by atomic mass is 16.1. The minimum absolute atomic E-state index is 0.0657. The van der Waals surface area contributed by atoms with Gasteiger partial charge in [-0.1, -0.05) is 13.0 Å². The lowest BCUT2D eigenvalue weighted by atomic mass is 10.1. The number of amides is 1. The molecule has 3 nitrogen and oxygen atoms in total. The Morgan fingerprint density at radius 2 is 2.21 bits per heavy atom. The van der Waals surface area contributed by atoms with Crippen molar-refractivity contribution in [3.63, 3.8) is 0 Å². The second-order valence-corrected chi connectivity index (χ2v) is 3.49. The first-order valence-corrected chi connectivity index (χ1v) is 4.92. The zero-order chi connectivity index (χ0) is 9.97. The molecule has 0 saturated heterocycles. The second-order valence-electron chi connectivity index (χ2n) is 3.49. The Morgan fingerprint density at radius 3 is 3.00 bits per heavy atom. The Labute approximate surface area is 83.5 Å². The number of rotatable bonds is 2. The van der Waals surface area contributed by atoms with E-state index in [1.54, 1.807) is 0 Å². The minimum Gasteiger partial charge on any atom is -0.326 e. The van der Waals surface area contributed by atoms with Crippen molar-refractivity contribution >= 4 is 11.6 Å². The van der Waals surface area contributed by atoms with Crippen LogP contribution in [0.3, 0.4) is 0 Å². The lowest BCUT2D eigenvalue weighted by Crippen LogP contribution is -2.09. The summed E-state index contributed by atoms with van der Waals surface area (Å²) < 4.78 is 0. The number of fused-ring (bicyclic) bond motifs is 1. The molecular formula is C11H14N2O. The van der Waals surface area contributed by atoms with Gasteiger partial charge in [0.05, 0.1) is 0 Å². The number of anilines is 1. The van der Waals surface area contributed by atoms with Crippen LogP contribution in [-0.2, 0) is 17.9 Å². The molecule has 2 N–H and O–H groups in total. The standard InChI is InChI=1S/C11H14N2O/c1-2-11(14)13-10-4-3-8-6-12-7-9(8)5-10/h3-5,12H,2,6-7H2,1H3,(H,13,14). The van der Waals surface area contributed by atoms with E-state index in [0.717, 1.165) is 18.8 Å². The van der Waals surface area contributed by atoms with Crippen LogP contribution < -0.4 is 10.6 Å². The van der Waals surface area contributed by atoms with Gasteiger partial charge in [0, 0.05) is 25.2 Å². The summed E-state index contributed by atoms with van der Waals surface area (Å²) in [5, 5.41) is 6.12. The van der Waals surface area contributed by atoms with Crippen LogP contribution in [0.1, 0.15) is 24.5 Å². The molecule has 0 aliphatic carbocycles. The van der Waals surface area contributed by atoms with Crippen molar-refractivity contribution in [3.8, 4) is 0 Å². The molecule has 1 amide bonds. The van der Waals surface area contributed by atoms with E-state index in [0.29, 0.717) is 6.42 Å². The monoisotopic (exact) mass is 190 g/mol. The number of nitrogens with one attached hydrogen (secondary N) is 2. The van der Waals surface area contributed by atoms with Crippen molar-refractivity contribution < 1.29 is 4.79 Å². The van der Waals surface area contributed by atoms with Crippen LogP contribution in [0.2, 0.25) is 0 Å². The lowest BCUT2D eigenvalue weighted by molar-refractivity contribution is -0.115. The topological polar surface area (TPSA) is 41.1 Å². The van der Waals surface area contributed by atoms with E-state index in [1.165, 1.54) is 11.1 Å². The molecule has 1 aliphatic heterocycles. The van der Waals surface area contributed by atoms with E-state index in [9.17, 15) is 4.79 Å². The van der Waals surface area contributed by atoms with Crippen molar-refractivity contribution in [2.75, 3.05) is 5.32 Å². The molecule has 0 aromatic heterocycles. The predicted octanol–water partition coefficient (Wildman–Crippen LogP) is 1.64. The molecule has 14 heavy (non-hydrogen) atoms. The molecule has 2 rings (SSSR count). The predicted molar refractivity (Wildman–Crippen MR) is 55.9 cm³/mol. The number of carbonyl (C=O) groups is 1. The smallest absolute Gasteiger partial charge is 0.224 e. The molecular weight excluding hydrogens is 176 g/mol. The van der Waals surface area contributed by atoms with Crippen LogP contribution >= 0.6 is 0 Å². The van der Waals surface area contributed by atoms with Gasteiger partial charge in [0.25, 0.3) is 0 Å². The van der Waals surface area contributed by atoms with Gasteiger partial charge in [-0.05, 0) is 23.3 Å². The molecule has 1 heterocycles. The summed E-state index contributed by atoms with van der Waals surface area (Å²) in [4.78, 5) is 11.2. The van der Waals surface area contributed by atoms with Gasteiger partial charge < -0.3 is 10.6 Å². The van der Waals surface area contributed by atoms with Crippen molar-refractivity contribution in [2.45, 2.75) is 26.4 Å². The highest BCUT2D eigenvalue weighted by Crippen LogP contribution is 2.19. The number of hydrogen-bond acceptors (Lipinski definition) is 2. The van der Waals surface area contributed by atoms with Crippen LogP contribution in [0, 0.1) is 0 Å². The molecule has 3 heteroatoms. The van der Waals surface area contributed by atoms with Crippen molar-refractivity contribution in [3.05, 3.63) is 29.3 Å². The van der Waals surface area contributed by atoms with Gasteiger partial charge in [-0.15, -0.1) is 0 Å². The molecule has 0 unspecified atom stereocenters. The molecule has 1 aromatic rings. The van der Waals surface area contributed by atoms with Gasteiger partial charge in [0.15, 0.2) is 0 Å². The molecule has 74 valence electrons. The Hall–Kier alpha value is -1.35. The molecule has 0 atom stereocenters. The molecule has 0 saturated carbocycles. The van der Waals surface area contributed by atoms with Crippen molar-refractivity contribution in [2.24, 2.45) is 0 Å². The summed E-state index contributed by atoms with van der Waals surface area (Å²) >= 11 is 0. The van der Waals surface area contributed by atoms with Gasteiger partial charge in [-0.3, -0.25) is 4.79 Å². The molecule has 0 bridgehead atoms. The SMILES string of the molecule is CCC(=O)Nc1ccc2c(c1)CNC2. The lowest BCUT2D eigenvalue weighted by Gasteiger charge is -2.05. The van der Waals surface area contributed by atoms with E-state index in [4.69, 9.17) is 0 Å². The molecule has 0 fully saturated rings. The van der Waals surface area contributed by atoms with E-state index < -0.39 is 0 Å².